The van der Waals surface area contributed by atoms with E-state index in [1.165, 1.54) is 21.8 Å². The first-order valence-electron chi connectivity index (χ1n) is 34.1. The van der Waals surface area contributed by atoms with Crippen molar-refractivity contribution in [1.82, 2.24) is 29.6 Å². The molecule has 8 heterocycles. The quantitative estimate of drug-likeness (QED) is 0.0422. The molecular weight excluding hydrogens is 1480 g/mol. The number of rotatable bonds is 22. The fourth-order valence-corrected chi connectivity index (χ4v) is 15.1. The molecular formula is C71H76F12N10O12S2. The zero-order valence-electron chi connectivity index (χ0n) is 58.0. The molecule has 0 bridgehead atoms. The van der Waals surface area contributed by atoms with Crippen LogP contribution in [0.3, 0.4) is 0 Å². The third-order valence-corrected chi connectivity index (χ3v) is 20.5. The minimum absolute atomic E-state index is 0.0166. The zero-order chi connectivity index (χ0) is 77.8. The van der Waals surface area contributed by atoms with Crippen molar-refractivity contribution in [2.45, 2.75) is 139 Å². The lowest BCUT2D eigenvalue weighted by molar-refractivity contribution is -0.160. The van der Waals surface area contributed by atoms with Crippen LogP contribution < -0.4 is 29.9 Å². The van der Waals surface area contributed by atoms with Gasteiger partial charge < -0.3 is 59.4 Å². The number of carboxylic acid groups (broad SMARTS) is 1. The van der Waals surface area contributed by atoms with Crippen molar-refractivity contribution in [3.63, 3.8) is 0 Å². The summed E-state index contributed by atoms with van der Waals surface area (Å²) in [5.74, 6) is -6.34. The highest BCUT2D eigenvalue weighted by Gasteiger charge is 2.58. The Morgan fingerprint density at radius 3 is 1.25 bits per heavy atom. The van der Waals surface area contributed by atoms with Crippen LogP contribution in [-0.2, 0) is 58.2 Å². The molecule has 107 heavy (non-hydrogen) atoms. The SMILES string of the molecule is CCC[C@H]1N(C(=O)c2cnccc2C(F)(F)F)CCC[C@@]1(Oc1csc(C(F)(F)F)c1)C(=O)N1CCN(c2ccccc2NC(=O)CCC(=O)O)CC1.CCC[C@H]1N(C(=O)c2cnccc2C(F)(F)F)CCC[C@@]1(Oc1csc(C(F)(F)F)c1)C(=O)N1CCN(c2ccccc2NC(=O)CCC(=O)OC)CC1. The summed E-state index contributed by atoms with van der Waals surface area (Å²) in [6, 6.07) is 14.4. The Morgan fingerprint density at radius 1 is 0.523 bits per heavy atom. The maximum atomic E-state index is 14.8. The highest BCUT2D eigenvalue weighted by molar-refractivity contribution is 7.10. The van der Waals surface area contributed by atoms with E-state index in [2.05, 4.69) is 25.3 Å². The monoisotopic (exact) mass is 1550 g/mol. The third kappa shape index (κ3) is 19.3. The molecule has 4 saturated heterocycles. The zero-order valence-corrected chi connectivity index (χ0v) is 59.6. The highest BCUT2D eigenvalue weighted by Crippen LogP contribution is 2.46. The van der Waals surface area contributed by atoms with Crippen molar-refractivity contribution in [2.75, 3.05) is 93.0 Å². The highest BCUT2D eigenvalue weighted by atomic mass is 32.1. The summed E-state index contributed by atoms with van der Waals surface area (Å²) < 4.78 is 183. The number of carbonyl (C=O) groups is 8. The lowest BCUT2D eigenvalue weighted by atomic mass is 9.79. The molecule has 0 saturated carbocycles. The van der Waals surface area contributed by atoms with Crippen LogP contribution in [0.5, 0.6) is 11.5 Å². The van der Waals surface area contributed by atoms with Gasteiger partial charge in [-0.25, -0.2) is 0 Å². The Labute approximate surface area is 613 Å². The Hall–Kier alpha value is -9.74. The fourth-order valence-electron chi connectivity index (χ4n) is 13.7. The summed E-state index contributed by atoms with van der Waals surface area (Å²) in [6.45, 7) is 4.87. The first-order chi connectivity index (χ1) is 50.6. The maximum absolute atomic E-state index is 14.8. The first-order valence-corrected chi connectivity index (χ1v) is 35.9. The van der Waals surface area contributed by atoms with Crippen LogP contribution in [0.4, 0.5) is 75.4 Å². The van der Waals surface area contributed by atoms with Crippen LogP contribution in [0.15, 0.2) is 108 Å². The summed E-state index contributed by atoms with van der Waals surface area (Å²) in [4.78, 5) is 120. The van der Waals surface area contributed by atoms with Gasteiger partial charge in [0.1, 0.15) is 21.3 Å². The van der Waals surface area contributed by atoms with Crippen LogP contribution in [0.2, 0.25) is 0 Å². The largest absolute Gasteiger partial charge is 0.481 e. The number of hydrogen-bond donors (Lipinski definition) is 3. The fraction of sp³-hybridized carbons (Fsp3) is 0.465. The summed E-state index contributed by atoms with van der Waals surface area (Å²) in [6.07, 6.45) is -15.4. The van der Waals surface area contributed by atoms with Gasteiger partial charge in [0.2, 0.25) is 23.0 Å². The van der Waals surface area contributed by atoms with E-state index in [1.54, 1.807) is 62.4 Å². The standard InChI is InChI=1S/C36H39F6N5O6S.C35H37F6N5O6S/c1-3-7-28-34(53-23-20-29(54-22-23)36(40,41)42,13-6-15-47(28)32(50)24-21-43-14-12-25(24)35(37,38)39)33(51)46-18-16-45(17-19-46)27-9-5-4-8-26(27)44-30(48)10-11-31(49)52-2;1-2-6-27-33(52-22-19-28(53-21-22)35(39,40)41,12-5-14-46(27)31(50)23-20-42-13-11-24(23)34(36,37)38)32(51)45-17-15-44(16-18-45)26-8-4-3-7-25(26)43-29(47)9-10-30(48)49/h4-5,8-9,12,14,20-22,28H,3,6-7,10-11,13,15-19H2,1-2H3,(H,44,48);3-4,7-8,11,13,19-21,27H,2,5-6,9-10,12,14-18H2,1H3,(H,43,47)(H,48,49)/t28-,34+;27-,33+/m11/s1. The van der Waals surface area contributed by atoms with E-state index >= 15 is 0 Å². The third-order valence-electron chi connectivity index (χ3n) is 18.6. The summed E-state index contributed by atoms with van der Waals surface area (Å²) in [5, 5.41) is 16.7. The van der Waals surface area contributed by atoms with Crippen molar-refractivity contribution >= 4 is 92.8 Å². The van der Waals surface area contributed by atoms with Gasteiger partial charge in [-0.15, -0.1) is 22.7 Å². The van der Waals surface area contributed by atoms with Crippen molar-refractivity contribution in [3.05, 3.63) is 140 Å². The molecule has 4 aliphatic heterocycles. The second-order valence-electron chi connectivity index (χ2n) is 25.6. The van der Waals surface area contributed by atoms with E-state index in [0.29, 0.717) is 70.4 Å². The number of carboxylic acids is 1. The predicted molar refractivity (Wildman–Crippen MR) is 368 cm³/mol. The lowest BCUT2D eigenvalue weighted by Crippen LogP contribution is -2.69. The number of piperidine rings is 2. The van der Waals surface area contributed by atoms with E-state index < -0.39 is 127 Å². The van der Waals surface area contributed by atoms with Crippen LogP contribution >= 0.6 is 22.7 Å². The number of alkyl halides is 12. The summed E-state index contributed by atoms with van der Waals surface area (Å²) in [7, 11) is 1.23. The molecule has 0 unspecified atom stereocenters. The number of nitrogens with zero attached hydrogens (tertiary/aromatic N) is 8. The van der Waals surface area contributed by atoms with Gasteiger partial charge >= 0.3 is 36.6 Å². The number of benzene rings is 2. The van der Waals surface area contributed by atoms with Gasteiger partial charge in [-0.3, -0.25) is 48.3 Å². The summed E-state index contributed by atoms with van der Waals surface area (Å²) >= 11 is 0.743. The van der Waals surface area contributed by atoms with Gasteiger partial charge in [-0.05, 0) is 62.1 Å². The molecule has 4 atom stereocenters. The molecule has 4 aromatic heterocycles. The average Bonchev–Trinajstić information content (AvgIpc) is 1.40. The second kappa shape index (κ2) is 34.4. The van der Waals surface area contributed by atoms with E-state index in [0.717, 1.165) is 52.6 Å². The molecule has 0 radical (unpaired) electrons. The van der Waals surface area contributed by atoms with Gasteiger partial charge in [0.05, 0.1) is 77.0 Å². The van der Waals surface area contributed by atoms with E-state index in [4.69, 9.17) is 14.6 Å². The van der Waals surface area contributed by atoms with Crippen LogP contribution in [-0.4, -0.2) is 178 Å². The molecule has 6 aromatic rings. The molecule has 4 fully saturated rings. The first kappa shape index (κ1) is 81.3. The number of nitrogens with one attached hydrogen (secondary N) is 2. The van der Waals surface area contributed by atoms with Crippen molar-refractivity contribution in [1.29, 1.82) is 0 Å². The number of para-hydroxylation sites is 4. The Bertz CT molecular complexity index is 4160. The number of piperazine rings is 2. The van der Waals surface area contributed by atoms with Gasteiger partial charge in [0.15, 0.2) is 0 Å². The minimum atomic E-state index is -4.89. The van der Waals surface area contributed by atoms with Crippen molar-refractivity contribution < 1.29 is 110 Å². The lowest BCUT2D eigenvalue weighted by Gasteiger charge is -2.51. The number of pyridine rings is 2. The number of aromatic nitrogens is 2. The molecule has 22 nitrogen and oxygen atoms in total. The molecule has 2 aromatic carbocycles. The number of amides is 6. The van der Waals surface area contributed by atoms with E-state index in [9.17, 15) is 91.0 Å². The Morgan fingerprint density at radius 2 is 0.907 bits per heavy atom. The van der Waals surface area contributed by atoms with E-state index in [1.807, 2.05) is 9.80 Å². The predicted octanol–water partition coefficient (Wildman–Crippen LogP) is 13.2. The molecule has 10 rings (SSSR count). The smallest absolute Gasteiger partial charge is 0.425 e. The number of thiophene rings is 2. The Kier molecular flexibility index (Phi) is 26.2. The number of ether oxygens (including phenoxy) is 3. The van der Waals surface area contributed by atoms with Gasteiger partial charge in [-0.1, -0.05) is 51.0 Å². The van der Waals surface area contributed by atoms with Gasteiger partial charge in [0, 0.05) is 139 Å². The van der Waals surface area contributed by atoms with Gasteiger partial charge in [-0.2, -0.15) is 52.7 Å². The molecule has 4 aliphatic rings. The number of anilines is 4. The summed E-state index contributed by atoms with van der Waals surface area (Å²) in [5.41, 5.74) is -5.58. The maximum Gasteiger partial charge on any atom is 0.425 e. The van der Waals surface area contributed by atoms with Crippen LogP contribution in [0.1, 0.15) is 132 Å². The topological polar surface area (TPSA) is 254 Å². The van der Waals surface area contributed by atoms with Crippen molar-refractivity contribution in [2.24, 2.45) is 0 Å². The molecule has 3 N–H and O–H groups in total. The second-order valence-corrected chi connectivity index (χ2v) is 27.4. The van der Waals surface area contributed by atoms with Crippen molar-refractivity contribution in [3.8, 4) is 11.5 Å². The molecule has 578 valence electrons. The minimum Gasteiger partial charge on any atom is -0.481 e. The molecule has 6 amide bonds. The number of aliphatic carboxylic acids is 1. The van der Waals surface area contributed by atoms with Gasteiger partial charge in [0.25, 0.3) is 23.6 Å². The van der Waals surface area contributed by atoms with Crippen LogP contribution in [0.25, 0.3) is 0 Å². The van der Waals surface area contributed by atoms with Crippen LogP contribution in [0, 0.1) is 0 Å². The number of methoxy groups -OCH3 is 1. The average molecular weight is 1550 g/mol. The number of hydrogen-bond acceptors (Lipinski definition) is 17. The number of halogens is 12. The molecule has 0 aliphatic carbocycles. The molecule has 0 spiro atoms. The number of esters is 1. The number of likely N-dealkylation sites (tertiary alicyclic amines) is 2. The molecule has 36 heteroatoms. The number of carbonyl (C=O) groups excluding carboxylic acids is 7. The normalized spacial score (nSPS) is 19.4. The Balaban J connectivity index is 0.000000247. The van der Waals surface area contributed by atoms with E-state index in [-0.39, 0.29) is 141 Å².